The molecule has 0 aliphatic heterocycles. The Labute approximate surface area is 108 Å². The van der Waals surface area contributed by atoms with E-state index in [0.717, 1.165) is 18.5 Å². The van der Waals surface area contributed by atoms with Crippen LogP contribution >= 0.6 is 15.9 Å². The first-order valence-corrected chi connectivity index (χ1v) is 6.14. The molecule has 1 aromatic rings. The minimum absolute atomic E-state index is 0.198. The number of benzene rings is 1. The van der Waals surface area contributed by atoms with Crippen LogP contribution in [0.4, 0.5) is 4.39 Å². The highest BCUT2D eigenvalue weighted by molar-refractivity contribution is 9.10. The first kappa shape index (κ1) is 14.1. The van der Waals surface area contributed by atoms with Crippen LogP contribution in [0.1, 0.15) is 18.4 Å². The van der Waals surface area contributed by atoms with Crippen LogP contribution in [0.2, 0.25) is 0 Å². The van der Waals surface area contributed by atoms with Crippen molar-refractivity contribution in [2.45, 2.75) is 19.4 Å². The predicted molar refractivity (Wildman–Crippen MR) is 67.1 cm³/mol. The van der Waals surface area contributed by atoms with Crippen LogP contribution in [0, 0.1) is 5.82 Å². The highest BCUT2D eigenvalue weighted by Crippen LogP contribution is 2.16. The lowest BCUT2D eigenvalue weighted by atomic mass is 10.2. The molecule has 0 fully saturated rings. The van der Waals surface area contributed by atoms with Gasteiger partial charge in [0.05, 0.1) is 11.6 Å². The number of esters is 1. The monoisotopic (exact) mass is 303 g/mol. The third-order valence-electron chi connectivity index (χ3n) is 2.28. The van der Waals surface area contributed by atoms with E-state index in [1.165, 1.54) is 13.2 Å². The number of carbonyl (C=O) groups is 1. The maximum absolute atomic E-state index is 13.0. The van der Waals surface area contributed by atoms with Gasteiger partial charge in [0.1, 0.15) is 5.82 Å². The number of carbonyl (C=O) groups excluding carboxylic acids is 1. The number of ether oxygens (including phenoxy) is 1. The Morgan fingerprint density at radius 3 is 2.94 bits per heavy atom. The fraction of sp³-hybridized carbons (Fsp3) is 0.417. The smallest absolute Gasteiger partial charge is 0.305 e. The normalized spacial score (nSPS) is 10.3. The fourth-order valence-corrected chi connectivity index (χ4v) is 1.77. The van der Waals surface area contributed by atoms with Crippen molar-refractivity contribution in [3.05, 3.63) is 34.1 Å². The van der Waals surface area contributed by atoms with Crippen molar-refractivity contribution in [3.8, 4) is 0 Å². The van der Waals surface area contributed by atoms with E-state index < -0.39 is 0 Å². The van der Waals surface area contributed by atoms with Gasteiger partial charge in [-0.1, -0.05) is 6.07 Å². The molecule has 1 rings (SSSR count). The van der Waals surface area contributed by atoms with Gasteiger partial charge in [-0.3, -0.25) is 4.79 Å². The Bertz CT molecular complexity index is 385. The third-order valence-corrected chi connectivity index (χ3v) is 2.88. The molecule has 5 heteroatoms. The molecule has 0 atom stereocenters. The van der Waals surface area contributed by atoms with Crippen LogP contribution in [-0.2, 0) is 16.1 Å². The molecule has 17 heavy (non-hydrogen) atoms. The van der Waals surface area contributed by atoms with Crippen molar-refractivity contribution in [1.29, 1.82) is 0 Å². The minimum atomic E-state index is -0.264. The van der Waals surface area contributed by atoms with Crippen LogP contribution in [0.5, 0.6) is 0 Å². The lowest BCUT2D eigenvalue weighted by Crippen LogP contribution is -2.16. The van der Waals surface area contributed by atoms with Crippen molar-refractivity contribution in [1.82, 2.24) is 5.32 Å². The Kier molecular flexibility index (Phi) is 6.15. The molecule has 94 valence electrons. The average molecular weight is 304 g/mol. The Balaban J connectivity index is 2.22. The van der Waals surface area contributed by atoms with E-state index in [1.807, 2.05) is 0 Å². The van der Waals surface area contributed by atoms with Gasteiger partial charge in [-0.2, -0.15) is 0 Å². The largest absolute Gasteiger partial charge is 0.469 e. The summed E-state index contributed by atoms with van der Waals surface area (Å²) in [6.45, 7) is 1.38. The Hall–Kier alpha value is -0.940. The molecular weight excluding hydrogens is 289 g/mol. The lowest BCUT2D eigenvalue weighted by Gasteiger charge is -2.05. The van der Waals surface area contributed by atoms with Gasteiger partial charge in [-0.05, 0) is 46.6 Å². The second kappa shape index (κ2) is 7.40. The Morgan fingerprint density at radius 2 is 2.29 bits per heavy atom. The third kappa shape index (κ3) is 5.28. The van der Waals surface area contributed by atoms with E-state index in [4.69, 9.17) is 0 Å². The molecular formula is C12H15BrFNO2. The lowest BCUT2D eigenvalue weighted by molar-refractivity contribution is -0.140. The van der Waals surface area contributed by atoms with Gasteiger partial charge in [0.2, 0.25) is 0 Å². The van der Waals surface area contributed by atoms with Crippen molar-refractivity contribution >= 4 is 21.9 Å². The summed E-state index contributed by atoms with van der Waals surface area (Å²) in [5.74, 6) is -0.462. The molecule has 0 aliphatic rings. The van der Waals surface area contributed by atoms with Crippen molar-refractivity contribution in [2.75, 3.05) is 13.7 Å². The van der Waals surface area contributed by atoms with Gasteiger partial charge in [-0.15, -0.1) is 0 Å². The molecule has 1 aromatic carbocycles. The average Bonchev–Trinajstić information content (AvgIpc) is 2.33. The summed E-state index contributed by atoms with van der Waals surface area (Å²) in [5.41, 5.74) is 0.997. The molecule has 0 radical (unpaired) electrons. The minimum Gasteiger partial charge on any atom is -0.469 e. The van der Waals surface area contributed by atoms with Crippen LogP contribution in [0.25, 0.3) is 0 Å². The number of hydrogen-bond donors (Lipinski definition) is 1. The van der Waals surface area contributed by atoms with Gasteiger partial charge in [0.15, 0.2) is 0 Å². The molecule has 0 spiro atoms. The van der Waals surface area contributed by atoms with Gasteiger partial charge < -0.3 is 10.1 Å². The zero-order valence-corrected chi connectivity index (χ0v) is 11.2. The van der Waals surface area contributed by atoms with E-state index in [1.54, 1.807) is 12.1 Å². The van der Waals surface area contributed by atoms with Crippen LogP contribution in [-0.4, -0.2) is 19.6 Å². The zero-order chi connectivity index (χ0) is 12.7. The summed E-state index contributed by atoms with van der Waals surface area (Å²) in [7, 11) is 1.38. The quantitative estimate of drug-likeness (QED) is 0.648. The van der Waals surface area contributed by atoms with E-state index >= 15 is 0 Å². The van der Waals surface area contributed by atoms with Gasteiger partial charge in [0.25, 0.3) is 0 Å². The van der Waals surface area contributed by atoms with E-state index in [9.17, 15) is 9.18 Å². The zero-order valence-electron chi connectivity index (χ0n) is 9.63. The van der Waals surface area contributed by atoms with Gasteiger partial charge in [0, 0.05) is 13.0 Å². The van der Waals surface area contributed by atoms with Crippen LogP contribution in [0.15, 0.2) is 22.7 Å². The molecule has 1 N–H and O–H groups in total. The summed E-state index contributed by atoms with van der Waals surface area (Å²) in [6.07, 6.45) is 1.14. The van der Waals surface area contributed by atoms with Crippen LogP contribution < -0.4 is 5.32 Å². The van der Waals surface area contributed by atoms with Crippen molar-refractivity contribution < 1.29 is 13.9 Å². The number of rotatable bonds is 6. The molecule has 0 saturated carbocycles. The molecule has 0 aromatic heterocycles. The fourth-order valence-electron chi connectivity index (χ4n) is 1.34. The summed E-state index contributed by atoms with van der Waals surface area (Å²) in [6, 6.07) is 4.89. The first-order chi connectivity index (χ1) is 8.13. The summed E-state index contributed by atoms with van der Waals surface area (Å²) in [5, 5.41) is 3.18. The van der Waals surface area contributed by atoms with Crippen LogP contribution in [0.3, 0.4) is 0 Å². The highest BCUT2D eigenvalue weighted by atomic mass is 79.9. The van der Waals surface area contributed by atoms with Gasteiger partial charge >= 0.3 is 5.97 Å². The molecule has 0 heterocycles. The summed E-state index contributed by atoms with van der Waals surface area (Å²) >= 11 is 3.13. The van der Waals surface area contributed by atoms with E-state index in [2.05, 4.69) is 26.0 Å². The Morgan fingerprint density at radius 1 is 1.53 bits per heavy atom. The topological polar surface area (TPSA) is 38.3 Å². The molecule has 0 amide bonds. The second-order valence-electron chi connectivity index (χ2n) is 3.60. The maximum atomic E-state index is 13.0. The van der Waals surface area contributed by atoms with Gasteiger partial charge in [-0.25, -0.2) is 4.39 Å². The van der Waals surface area contributed by atoms with Crippen molar-refractivity contribution in [2.24, 2.45) is 0 Å². The second-order valence-corrected chi connectivity index (χ2v) is 4.46. The first-order valence-electron chi connectivity index (χ1n) is 5.35. The SMILES string of the molecule is COC(=O)CCCNCc1ccc(F)c(Br)c1. The number of nitrogens with one attached hydrogen (secondary N) is 1. The highest BCUT2D eigenvalue weighted by Gasteiger charge is 2.01. The molecule has 0 unspecified atom stereocenters. The molecule has 3 nitrogen and oxygen atoms in total. The standard InChI is InChI=1S/C12H15BrFNO2/c1-17-12(16)3-2-6-15-8-9-4-5-11(14)10(13)7-9/h4-5,7,15H,2-3,6,8H2,1H3. The summed E-state index contributed by atoms with van der Waals surface area (Å²) in [4.78, 5) is 10.8. The number of methoxy groups -OCH3 is 1. The van der Waals surface area contributed by atoms with E-state index in [0.29, 0.717) is 17.4 Å². The van der Waals surface area contributed by atoms with E-state index in [-0.39, 0.29) is 11.8 Å². The molecule has 0 saturated heterocycles. The summed E-state index contributed by atoms with van der Waals surface area (Å²) < 4.78 is 17.9. The maximum Gasteiger partial charge on any atom is 0.305 e. The van der Waals surface area contributed by atoms with Crippen molar-refractivity contribution in [3.63, 3.8) is 0 Å². The molecule has 0 aliphatic carbocycles. The number of hydrogen-bond acceptors (Lipinski definition) is 3. The predicted octanol–water partition coefficient (Wildman–Crippen LogP) is 2.63. The molecule has 0 bridgehead atoms. The number of halogens is 2.